The summed E-state index contributed by atoms with van der Waals surface area (Å²) in [6.07, 6.45) is 3.59. The molecule has 2 rings (SSSR count). The Kier molecular flexibility index (Phi) is 5.17. The first-order valence-corrected chi connectivity index (χ1v) is 6.85. The van der Waals surface area contributed by atoms with E-state index < -0.39 is 0 Å². The van der Waals surface area contributed by atoms with Crippen LogP contribution < -0.4 is 10.1 Å². The van der Waals surface area contributed by atoms with Crippen LogP contribution in [-0.2, 0) is 11.3 Å². The van der Waals surface area contributed by atoms with Crippen molar-refractivity contribution in [3.63, 3.8) is 0 Å². The van der Waals surface area contributed by atoms with Gasteiger partial charge in [-0.15, -0.1) is 0 Å². The summed E-state index contributed by atoms with van der Waals surface area (Å²) < 4.78 is 5.31. The molecular weight excluding hydrogens is 323 g/mol. The monoisotopic (exact) mass is 332 g/mol. The predicted molar refractivity (Wildman–Crippen MR) is 79.6 cm³/mol. The van der Waals surface area contributed by atoms with Crippen LogP contribution in [0.4, 0.5) is 0 Å². The number of halogens is 3. The van der Waals surface area contributed by atoms with Gasteiger partial charge in [-0.25, -0.2) is 0 Å². The van der Waals surface area contributed by atoms with Crippen LogP contribution in [0.3, 0.4) is 0 Å². The van der Waals surface area contributed by atoms with Crippen molar-refractivity contribution >= 4 is 40.7 Å². The predicted octanol–water partition coefficient (Wildman–Crippen LogP) is 3.67. The van der Waals surface area contributed by atoms with Crippen molar-refractivity contribution in [2.75, 3.05) is 6.61 Å². The fourth-order valence-electron chi connectivity index (χ4n) is 1.48. The van der Waals surface area contributed by atoms with Crippen molar-refractivity contribution in [1.29, 1.82) is 0 Å². The van der Waals surface area contributed by atoms with Crippen LogP contribution >= 0.6 is 34.8 Å². The van der Waals surface area contributed by atoms with E-state index in [4.69, 9.17) is 39.5 Å². The molecule has 2 aromatic rings. The van der Waals surface area contributed by atoms with Crippen molar-refractivity contribution in [1.82, 2.24) is 10.3 Å². The van der Waals surface area contributed by atoms with Gasteiger partial charge in [0.05, 0.1) is 15.1 Å². The number of carbonyl (C=O) groups excluding carboxylic acids is 1. The molecule has 0 unspecified atom stereocenters. The van der Waals surface area contributed by atoms with E-state index in [1.807, 2.05) is 6.07 Å². The zero-order valence-electron chi connectivity index (χ0n) is 10.3. The van der Waals surface area contributed by atoms with Crippen molar-refractivity contribution in [3.8, 4) is 5.75 Å². The van der Waals surface area contributed by atoms with Gasteiger partial charge in [0, 0.05) is 25.0 Å². The Hall–Kier alpha value is -1.36. The van der Waals surface area contributed by atoms with E-state index in [0.717, 1.165) is 5.56 Å². The number of carbonyl (C=O) groups is 1. The molecule has 0 atom stereocenters. The summed E-state index contributed by atoms with van der Waals surface area (Å²) in [5, 5.41) is 3.67. The molecule has 0 aliphatic carbocycles. The van der Waals surface area contributed by atoms with Gasteiger partial charge in [0.25, 0.3) is 5.91 Å². The summed E-state index contributed by atoms with van der Waals surface area (Å²) in [6, 6.07) is 4.82. The SMILES string of the molecule is O=C(COc1cc(Cl)c(Cl)cc1Cl)NCc1cc[nH]c1. The minimum atomic E-state index is -0.256. The molecule has 2 N–H and O–H groups in total. The standard InChI is InChI=1S/C13H11Cl3N2O2/c14-9-3-11(16)12(4-10(9)15)20-7-13(19)18-6-8-1-2-17-5-8/h1-5,17H,6-7H2,(H,18,19). The van der Waals surface area contributed by atoms with Gasteiger partial charge in [-0.2, -0.15) is 0 Å². The van der Waals surface area contributed by atoms with E-state index in [1.165, 1.54) is 12.1 Å². The van der Waals surface area contributed by atoms with E-state index >= 15 is 0 Å². The Morgan fingerprint density at radius 2 is 1.95 bits per heavy atom. The Morgan fingerprint density at radius 1 is 1.20 bits per heavy atom. The third-order valence-corrected chi connectivity index (χ3v) is 3.50. The second kappa shape index (κ2) is 6.88. The minimum absolute atomic E-state index is 0.151. The minimum Gasteiger partial charge on any atom is -0.482 e. The number of H-pyrrole nitrogens is 1. The van der Waals surface area contributed by atoms with E-state index in [-0.39, 0.29) is 12.5 Å². The number of hydrogen-bond acceptors (Lipinski definition) is 2. The number of rotatable bonds is 5. The van der Waals surface area contributed by atoms with Crippen LogP contribution in [-0.4, -0.2) is 17.5 Å². The summed E-state index contributed by atoms with van der Waals surface area (Å²) in [5.74, 6) is 0.0613. The van der Waals surface area contributed by atoms with E-state index in [9.17, 15) is 4.79 Å². The van der Waals surface area contributed by atoms with E-state index in [0.29, 0.717) is 27.4 Å². The maximum absolute atomic E-state index is 11.6. The molecule has 1 amide bonds. The highest BCUT2D eigenvalue weighted by molar-refractivity contribution is 6.43. The summed E-state index contributed by atoms with van der Waals surface area (Å²) in [5.41, 5.74) is 0.978. The van der Waals surface area contributed by atoms with Gasteiger partial charge in [-0.05, 0) is 17.7 Å². The van der Waals surface area contributed by atoms with E-state index in [1.54, 1.807) is 12.4 Å². The molecular formula is C13H11Cl3N2O2. The lowest BCUT2D eigenvalue weighted by Gasteiger charge is -2.09. The second-order valence-corrected chi connectivity index (χ2v) is 5.20. The molecule has 4 nitrogen and oxygen atoms in total. The van der Waals surface area contributed by atoms with Crippen LogP contribution in [0.15, 0.2) is 30.6 Å². The molecule has 0 radical (unpaired) electrons. The lowest BCUT2D eigenvalue weighted by Crippen LogP contribution is -2.28. The molecule has 0 saturated carbocycles. The lowest BCUT2D eigenvalue weighted by molar-refractivity contribution is -0.123. The topological polar surface area (TPSA) is 54.1 Å². The number of hydrogen-bond donors (Lipinski definition) is 2. The largest absolute Gasteiger partial charge is 0.482 e. The molecule has 0 spiro atoms. The van der Waals surface area contributed by atoms with Gasteiger partial charge in [-0.3, -0.25) is 4.79 Å². The van der Waals surface area contributed by atoms with Gasteiger partial charge in [0.1, 0.15) is 5.75 Å². The second-order valence-electron chi connectivity index (χ2n) is 3.98. The highest BCUT2D eigenvalue weighted by Crippen LogP contribution is 2.33. The first kappa shape index (κ1) is 15.0. The molecule has 1 aromatic carbocycles. The summed E-state index contributed by atoms with van der Waals surface area (Å²) in [6.45, 7) is 0.281. The van der Waals surface area contributed by atoms with Gasteiger partial charge in [0.2, 0.25) is 0 Å². The molecule has 0 aliphatic rings. The molecule has 1 heterocycles. The highest BCUT2D eigenvalue weighted by atomic mass is 35.5. The maximum Gasteiger partial charge on any atom is 0.258 e. The third-order valence-electron chi connectivity index (χ3n) is 2.49. The molecule has 7 heteroatoms. The quantitative estimate of drug-likeness (QED) is 0.820. The Morgan fingerprint density at radius 3 is 2.65 bits per heavy atom. The van der Waals surface area contributed by atoms with Crippen LogP contribution in [0.1, 0.15) is 5.56 Å². The zero-order chi connectivity index (χ0) is 14.5. The number of nitrogens with one attached hydrogen (secondary N) is 2. The smallest absolute Gasteiger partial charge is 0.258 e. The van der Waals surface area contributed by atoms with Gasteiger partial charge in [0.15, 0.2) is 6.61 Å². The Balaban J connectivity index is 1.85. The first-order chi connectivity index (χ1) is 9.56. The van der Waals surface area contributed by atoms with Crippen molar-refractivity contribution in [3.05, 3.63) is 51.2 Å². The molecule has 1 aromatic heterocycles. The fourth-order valence-corrected chi connectivity index (χ4v) is 2.07. The Labute approximate surface area is 131 Å². The summed E-state index contributed by atoms with van der Waals surface area (Å²) in [4.78, 5) is 14.5. The maximum atomic E-state index is 11.6. The average Bonchev–Trinajstić information content (AvgIpc) is 2.92. The van der Waals surface area contributed by atoms with Crippen LogP contribution in [0, 0.1) is 0 Å². The lowest BCUT2D eigenvalue weighted by atomic mass is 10.3. The molecule has 0 saturated heterocycles. The fraction of sp³-hybridized carbons (Fsp3) is 0.154. The first-order valence-electron chi connectivity index (χ1n) is 5.72. The molecule has 0 fully saturated rings. The van der Waals surface area contributed by atoms with Crippen LogP contribution in [0.5, 0.6) is 5.75 Å². The van der Waals surface area contributed by atoms with Gasteiger partial charge in [-0.1, -0.05) is 34.8 Å². The number of benzene rings is 1. The number of amides is 1. The van der Waals surface area contributed by atoms with E-state index in [2.05, 4.69) is 10.3 Å². The number of aromatic amines is 1. The van der Waals surface area contributed by atoms with Crippen molar-refractivity contribution < 1.29 is 9.53 Å². The van der Waals surface area contributed by atoms with Crippen LogP contribution in [0.25, 0.3) is 0 Å². The third kappa shape index (κ3) is 4.07. The molecule has 0 aliphatic heterocycles. The number of aromatic nitrogens is 1. The normalized spacial score (nSPS) is 10.3. The molecule has 0 bridgehead atoms. The summed E-state index contributed by atoms with van der Waals surface area (Å²) >= 11 is 17.6. The average molecular weight is 334 g/mol. The highest BCUT2D eigenvalue weighted by Gasteiger charge is 2.09. The van der Waals surface area contributed by atoms with Gasteiger partial charge >= 0.3 is 0 Å². The molecule has 106 valence electrons. The van der Waals surface area contributed by atoms with Crippen molar-refractivity contribution in [2.45, 2.75) is 6.54 Å². The number of ether oxygens (including phenoxy) is 1. The summed E-state index contributed by atoms with van der Waals surface area (Å²) in [7, 11) is 0. The van der Waals surface area contributed by atoms with Crippen molar-refractivity contribution in [2.24, 2.45) is 0 Å². The molecule has 20 heavy (non-hydrogen) atoms. The Bertz CT molecular complexity index is 600. The van der Waals surface area contributed by atoms with Crippen LogP contribution in [0.2, 0.25) is 15.1 Å². The van der Waals surface area contributed by atoms with Gasteiger partial charge < -0.3 is 15.0 Å². The zero-order valence-corrected chi connectivity index (χ0v) is 12.5.